The molecule has 1 heterocycles. The lowest BCUT2D eigenvalue weighted by molar-refractivity contribution is 0.0914. The van der Waals surface area contributed by atoms with Crippen LogP contribution < -0.4 is 10.2 Å². The van der Waals surface area contributed by atoms with Gasteiger partial charge in [-0.05, 0) is 31.5 Å². The maximum absolute atomic E-state index is 14.1. The molecule has 0 unspecified atom stereocenters. The summed E-state index contributed by atoms with van der Waals surface area (Å²) in [4.78, 5) is 22.0. The average molecular weight is 379 g/mol. The highest BCUT2D eigenvalue weighted by molar-refractivity contribution is 5.80. The molecule has 0 saturated carbocycles. The number of rotatable bonds is 5. The topological polar surface area (TPSA) is 60.4 Å². The molecule has 0 aromatic heterocycles. The first-order valence-electron chi connectivity index (χ1n) is 9.37. The van der Waals surface area contributed by atoms with Crippen molar-refractivity contribution in [1.29, 1.82) is 0 Å². The fourth-order valence-corrected chi connectivity index (χ4v) is 2.92. The number of anilines is 1. The Morgan fingerprint density at radius 2 is 1.89 bits per heavy atom. The van der Waals surface area contributed by atoms with Crippen LogP contribution in [-0.4, -0.2) is 75.3 Å². The van der Waals surface area contributed by atoms with Gasteiger partial charge in [0.25, 0.3) is 0 Å². The molecular formula is C19H30FN5O2. The fourth-order valence-electron chi connectivity index (χ4n) is 2.92. The van der Waals surface area contributed by atoms with Gasteiger partial charge in [0.05, 0.1) is 18.8 Å². The summed E-state index contributed by atoms with van der Waals surface area (Å²) in [5.41, 5.74) is 1.38. The highest BCUT2D eigenvalue weighted by atomic mass is 19.1. The first-order valence-corrected chi connectivity index (χ1v) is 9.37. The fraction of sp³-hybridized carbons (Fsp3) is 0.579. The molecule has 27 heavy (non-hydrogen) atoms. The zero-order valence-electron chi connectivity index (χ0n) is 16.7. The summed E-state index contributed by atoms with van der Waals surface area (Å²) in [6.07, 6.45) is -0.268. The molecule has 1 aliphatic rings. The molecule has 2 rings (SSSR count). The Labute approximate surface area is 160 Å². The van der Waals surface area contributed by atoms with Crippen molar-refractivity contribution in [3.63, 3.8) is 0 Å². The Morgan fingerprint density at radius 3 is 2.44 bits per heavy atom. The molecule has 0 atom stereocenters. The maximum Gasteiger partial charge on any atom is 0.409 e. The molecule has 1 saturated heterocycles. The minimum absolute atomic E-state index is 0.249. The van der Waals surface area contributed by atoms with Crippen molar-refractivity contribution in [2.24, 2.45) is 4.99 Å². The van der Waals surface area contributed by atoms with Gasteiger partial charge in [-0.25, -0.2) is 14.2 Å². The zero-order chi connectivity index (χ0) is 19.8. The second kappa shape index (κ2) is 9.99. The molecule has 1 amide bonds. The van der Waals surface area contributed by atoms with Crippen LogP contribution in [0.3, 0.4) is 0 Å². The van der Waals surface area contributed by atoms with Crippen molar-refractivity contribution >= 4 is 17.7 Å². The third-order valence-corrected chi connectivity index (χ3v) is 4.35. The monoisotopic (exact) mass is 379 g/mol. The number of hydrogen-bond donors (Lipinski definition) is 1. The van der Waals surface area contributed by atoms with Gasteiger partial charge >= 0.3 is 6.09 Å². The Morgan fingerprint density at radius 1 is 1.22 bits per heavy atom. The van der Waals surface area contributed by atoms with Crippen LogP contribution in [0.25, 0.3) is 0 Å². The van der Waals surface area contributed by atoms with Gasteiger partial charge in [0.1, 0.15) is 5.82 Å². The quantitative estimate of drug-likeness (QED) is 0.627. The summed E-state index contributed by atoms with van der Waals surface area (Å²) in [7, 11) is 3.63. The van der Waals surface area contributed by atoms with Gasteiger partial charge in [-0.15, -0.1) is 0 Å². The largest absolute Gasteiger partial charge is 0.450 e. The number of guanidine groups is 1. The Bertz CT molecular complexity index is 658. The predicted octanol–water partition coefficient (Wildman–Crippen LogP) is 2.13. The van der Waals surface area contributed by atoms with E-state index in [9.17, 15) is 9.18 Å². The van der Waals surface area contributed by atoms with Crippen molar-refractivity contribution in [2.45, 2.75) is 20.4 Å². The summed E-state index contributed by atoms with van der Waals surface area (Å²) in [5, 5.41) is 3.28. The van der Waals surface area contributed by atoms with E-state index in [1.54, 1.807) is 22.8 Å². The van der Waals surface area contributed by atoms with Gasteiger partial charge in [0.15, 0.2) is 5.96 Å². The smallest absolute Gasteiger partial charge is 0.409 e. The van der Waals surface area contributed by atoms with E-state index in [4.69, 9.17) is 4.74 Å². The third-order valence-electron chi connectivity index (χ3n) is 4.35. The summed E-state index contributed by atoms with van der Waals surface area (Å²) < 4.78 is 19.2. The number of piperazine rings is 1. The van der Waals surface area contributed by atoms with Crippen LogP contribution >= 0.6 is 0 Å². The van der Waals surface area contributed by atoms with E-state index in [1.165, 1.54) is 6.07 Å². The normalized spacial score (nSPS) is 14.9. The van der Waals surface area contributed by atoms with Crippen LogP contribution in [0.2, 0.25) is 0 Å². The lowest BCUT2D eigenvalue weighted by atomic mass is 10.2. The zero-order valence-corrected chi connectivity index (χ0v) is 16.7. The number of nitrogens with one attached hydrogen (secondary N) is 1. The minimum atomic E-state index is -0.268. The molecule has 0 radical (unpaired) electrons. The lowest BCUT2D eigenvalue weighted by Crippen LogP contribution is -2.53. The van der Waals surface area contributed by atoms with Crippen molar-refractivity contribution < 1.29 is 13.9 Å². The first kappa shape index (κ1) is 20.8. The molecule has 1 fully saturated rings. The summed E-state index contributed by atoms with van der Waals surface area (Å²) in [6.45, 7) is 7.87. The molecule has 8 heteroatoms. The second-order valence-corrected chi connectivity index (χ2v) is 6.52. The number of carbonyl (C=O) groups is 1. The summed E-state index contributed by atoms with van der Waals surface area (Å²) >= 11 is 0. The van der Waals surface area contributed by atoms with Crippen molar-refractivity contribution in [1.82, 2.24) is 15.1 Å². The molecule has 0 spiro atoms. The maximum atomic E-state index is 14.1. The van der Waals surface area contributed by atoms with Crippen LogP contribution in [0.15, 0.2) is 23.2 Å². The van der Waals surface area contributed by atoms with Gasteiger partial charge in [-0.2, -0.15) is 0 Å². The first-order chi connectivity index (χ1) is 13.0. The van der Waals surface area contributed by atoms with E-state index >= 15 is 0 Å². The van der Waals surface area contributed by atoms with Gasteiger partial charge in [-0.3, -0.25) is 0 Å². The number of hydrogen-bond acceptors (Lipinski definition) is 4. The average Bonchev–Trinajstić information content (AvgIpc) is 2.65. The van der Waals surface area contributed by atoms with Crippen molar-refractivity contribution in [3.8, 4) is 0 Å². The third kappa shape index (κ3) is 5.74. The number of carbonyl (C=O) groups excluding carboxylic acids is 1. The molecule has 7 nitrogen and oxygen atoms in total. The number of ether oxygens (including phenoxy) is 1. The van der Waals surface area contributed by atoms with Crippen LogP contribution in [0, 0.1) is 5.82 Å². The van der Waals surface area contributed by atoms with Gasteiger partial charge in [-0.1, -0.05) is 6.07 Å². The standard InChI is InChI=1S/C19H30FN5O2/c1-5-21-18(24-9-11-25(12-10-24)19(26)27-6-2)22-14-15-7-8-17(23(3)4)16(20)13-15/h7-8,13H,5-6,9-12,14H2,1-4H3,(H,21,22). The molecule has 1 N–H and O–H groups in total. The minimum Gasteiger partial charge on any atom is -0.450 e. The summed E-state index contributed by atoms with van der Waals surface area (Å²) in [5.74, 6) is 0.527. The van der Waals surface area contributed by atoms with Crippen LogP contribution in [0.5, 0.6) is 0 Å². The molecule has 150 valence electrons. The van der Waals surface area contributed by atoms with Crippen LogP contribution in [0.1, 0.15) is 19.4 Å². The molecule has 0 aliphatic carbocycles. The van der Waals surface area contributed by atoms with Gasteiger partial charge in [0, 0.05) is 46.8 Å². The number of benzene rings is 1. The highest BCUT2D eigenvalue weighted by Gasteiger charge is 2.23. The molecule has 1 aliphatic heterocycles. The molecule has 1 aromatic carbocycles. The number of amides is 1. The van der Waals surface area contributed by atoms with Crippen LogP contribution in [-0.2, 0) is 11.3 Å². The Kier molecular flexibility index (Phi) is 7.69. The van der Waals surface area contributed by atoms with Crippen LogP contribution in [0.4, 0.5) is 14.9 Å². The van der Waals surface area contributed by atoms with Gasteiger partial charge in [0.2, 0.25) is 0 Å². The van der Waals surface area contributed by atoms with E-state index < -0.39 is 0 Å². The molecule has 0 bridgehead atoms. The number of nitrogens with zero attached hydrogens (tertiary/aromatic N) is 4. The predicted molar refractivity (Wildman–Crippen MR) is 106 cm³/mol. The van der Waals surface area contributed by atoms with Crippen molar-refractivity contribution in [2.75, 3.05) is 58.3 Å². The van der Waals surface area contributed by atoms with E-state index in [2.05, 4.69) is 15.2 Å². The highest BCUT2D eigenvalue weighted by Crippen LogP contribution is 2.18. The van der Waals surface area contributed by atoms with Crippen molar-refractivity contribution in [3.05, 3.63) is 29.6 Å². The lowest BCUT2D eigenvalue weighted by Gasteiger charge is -2.35. The Balaban J connectivity index is 2.01. The Hall–Kier alpha value is -2.51. The van der Waals surface area contributed by atoms with Gasteiger partial charge < -0.3 is 24.8 Å². The van der Waals surface area contributed by atoms with E-state index in [-0.39, 0.29) is 11.9 Å². The van der Waals surface area contributed by atoms with E-state index in [1.807, 2.05) is 27.1 Å². The SMILES string of the molecule is CCNC(=NCc1ccc(N(C)C)c(F)c1)N1CCN(C(=O)OCC)CC1. The summed E-state index contributed by atoms with van der Waals surface area (Å²) in [6, 6.07) is 5.19. The number of halogens is 1. The van der Waals surface area contributed by atoms with E-state index in [0.29, 0.717) is 45.0 Å². The van der Waals surface area contributed by atoms with E-state index in [0.717, 1.165) is 18.1 Å². The molecular weight excluding hydrogens is 349 g/mol. The second-order valence-electron chi connectivity index (χ2n) is 6.52. The molecule has 1 aromatic rings. The number of aliphatic imine (C=N–C) groups is 1.